The Morgan fingerprint density at radius 2 is 2.00 bits per heavy atom. The topological polar surface area (TPSA) is 66.6 Å². The molecule has 0 bridgehead atoms. The van der Waals surface area contributed by atoms with Crippen LogP contribution < -0.4 is 5.32 Å². The number of benzene rings is 2. The quantitative estimate of drug-likeness (QED) is 0.537. The summed E-state index contributed by atoms with van der Waals surface area (Å²) in [6, 6.07) is 14.6. The van der Waals surface area contributed by atoms with Crippen LogP contribution in [0.1, 0.15) is 10.4 Å². The van der Waals surface area contributed by atoms with Gasteiger partial charge in [0, 0.05) is 28.1 Å². The van der Waals surface area contributed by atoms with Crippen LogP contribution in [0.2, 0.25) is 5.02 Å². The highest BCUT2D eigenvalue weighted by atomic mass is 35.5. The summed E-state index contributed by atoms with van der Waals surface area (Å²) < 4.78 is 1.83. The van der Waals surface area contributed by atoms with Crippen molar-refractivity contribution in [1.82, 2.24) is 4.57 Å². The Balaban J connectivity index is 1.56. The minimum atomic E-state index is -0.293. The van der Waals surface area contributed by atoms with Crippen molar-refractivity contribution in [1.29, 1.82) is 0 Å². The molecule has 0 unspecified atom stereocenters. The van der Waals surface area contributed by atoms with Crippen molar-refractivity contribution in [2.24, 2.45) is 4.99 Å². The second kappa shape index (κ2) is 7.71. The van der Waals surface area contributed by atoms with Gasteiger partial charge < -0.3 is 10.4 Å². The molecule has 2 N–H and O–H groups in total. The van der Waals surface area contributed by atoms with Gasteiger partial charge in [0.25, 0.3) is 0 Å². The zero-order chi connectivity index (χ0) is 19.7. The Bertz CT molecular complexity index is 1180. The van der Waals surface area contributed by atoms with E-state index >= 15 is 0 Å². The number of aromatic hydroxyl groups is 1. The number of para-hydroxylation sites is 1. The summed E-state index contributed by atoms with van der Waals surface area (Å²) in [7, 11) is 0. The van der Waals surface area contributed by atoms with Gasteiger partial charge in [-0.15, -0.1) is 11.3 Å². The maximum Gasteiger partial charge on any atom is 0.244 e. The summed E-state index contributed by atoms with van der Waals surface area (Å²) in [5, 5.41) is 13.9. The van der Waals surface area contributed by atoms with Gasteiger partial charge in [-0.05, 0) is 48.6 Å². The van der Waals surface area contributed by atoms with Crippen molar-refractivity contribution >= 4 is 70.3 Å². The van der Waals surface area contributed by atoms with Crippen LogP contribution in [0.5, 0.6) is 5.88 Å². The fourth-order valence-electron chi connectivity index (χ4n) is 2.82. The lowest BCUT2D eigenvalue weighted by molar-refractivity contribution is -0.116. The number of carbonyl (C=O) groups excluding carboxylic acids is 1. The molecule has 1 amide bonds. The number of aliphatic imine (C=N–C) groups is 1. The highest BCUT2D eigenvalue weighted by Gasteiger charge is 2.16. The zero-order valence-electron chi connectivity index (χ0n) is 14.4. The fraction of sp³-hybridized carbons (Fsp3) is 0.0500. The molecule has 4 rings (SSSR count). The van der Waals surface area contributed by atoms with Crippen molar-refractivity contribution in [3.63, 3.8) is 0 Å². The minimum absolute atomic E-state index is 0.0356. The van der Waals surface area contributed by atoms with E-state index in [1.165, 1.54) is 15.9 Å². The highest BCUT2D eigenvalue weighted by molar-refractivity contribution is 7.73. The van der Waals surface area contributed by atoms with Gasteiger partial charge in [0.15, 0.2) is 3.95 Å². The van der Waals surface area contributed by atoms with Gasteiger partial charge in [0.1, 0.15) is 6.54 Å². The lowest BCUT2D eigenvalue weighted by Gasteiger charge is -2.07. The number of carbonyl (C=O) groups is 1. The number of thiazole rings is 1. The summed E-state index contributed by atoms with van der Waals surface area (Å²) in [6.07, 6.45) is 3.59. The molecule has 0 saturated carbocycles. The summed E-state index contributed by atoms with van der Waals surface area (Å²) in [5.41, 5.74) is 3.39. The fourth-order valence-corrected chi connectivity index (χ4v) is 4.20. The number of aromatic nitrogens is 1. The van der Waals surface area contributed by atoms with Gasteiger partial charge in [-0.2, -0.15) is 0 Å². The van der Waals surface area contributed by atoms with Crippen LogP contribution in [-0.4, -0.2) is 21.8 Å². The van der Waals surface area contributed by atoms with Gasteiger partial charge >= 0.3 is 0 Å². The van der Waals surface area contributed by atoms with Crippen LogP contribution in [0.4, 0.5) is 11.4 Å². The zero-order valence-corrected chi connectivity index (χ0v) is 16.8. The number of halogens is 1. The second-order valence-corrected chi connectivity index (χ2v) is 8.18. The molecule has 0 fully saturated rings. The van der Waals surface area contributed by atoms with E-state index in [-0.39, 0.29) is 18.3 Å². The first-order valence-electron chi connectivity index (χ1n) is 8.34. The number of nitrogens with one attached hydrogen (secondary N) is 1. The van der Waals surface area contributed by atoms with E-state index in [0.29, 0.717) is 19.5 Å². The number of amides is 1. The van der Waals surface area contributed by atoms with E-state index in [0.717, 1.165) is 16.8 Å². The van der Waals surface area contributed by atoms with E-state index in [2.05, 4.69) is 10.3 Å². The minimum Gasteiger partial charge on any atom is -0.493 e. The largest absolute Gasteiger partial charge is 0.493 e. The van der Waals surface area contributed by atoms with Crippen molar-refractivity contribution in [2.45, 2.75) is 6.54 Å². The number of fused-ring (bicyclic) bond motifs is 1. The van der Waals surface area contributed by atoms with Gasteiger partial charge in [-0.1, -0.05) is 29.8 Å². The number of hydrogen-bond acceptors (Lipinski definition) is 5. The molecular formula is C20H14ClN3O2S2. The Labute approximate surface area is 175 Å². The third-order valence-corrected chi connectivity index (χ3v) is 5.81. The molecule has 1 aliphatic heterocycles. The predicted molar refractivity (Wildman–Crippen MR) is 117 cm³/mol. The van der Waals surface area contributed by atoms with E-state index in [1.54, 1.807) is 30.5 Å². The van der Waals surface area contributed by atoms with E-state index in [4.69, 9.17) is 23.8 Å². The van der Waals surface area contributed by atoms with Crippen LogP contribution in [0, 0.1) is 3.95 Å². The molecule has 1 aliphatic rings. The molecular weight excluding hydrogens is 414 g/mol. The number of hydrogen-bond donors (Lipinski definition) is 2. The molecule has 0 spiro atoms. The third kappa shape index (κ3) is 3.77. The second-order valence-electron chi connectivity index (χ2n) is 6.07. The van der Waals surface area contributed by atoms with Crippen LogP contribution in [0.25, 0.3) is 11.6 Å². The smallest absolute Gasteiger partial charge is 0.244 e. The third-order valence-electron chi connectivity index (χ3n) is 4.17. The molecule has 2 aromatic carbocycles. The summed E-state index contributed by atoms with van der Waals surface area (Å²) in [5.74, 6) is -0.329. The predicted octanol–water partition coefficient (Wildman–Crippen LogP) is 5.53. The number of anilines is 1. The Morgan fingerprint density at radius 3 is 2.79 bits per heavy atom. The number of rotatable bonds is 4. The number of nitrogens with zero attached hydrogens (tertiary/aromatic N) is 2. The lowest BCUT2D eigenvalue weighted by atomic mass is 10.1. The highest BCUT2D eigenvalue weighted by Crippen LogP contribution is 2.35. The molecule has 28 heavy (non-hydrogen) atoms. The average molecular weight is 428 g/mol. The standard InChI is InChI=1S/C20H14ClN3O2S2/c21-13-5-7-14(8-6-13)23-18(25)11-24-19(26)17(28-20(24)27)9-12-10-22-16-4-2-1-3-15(12)16/h1-10,26H,11H2,(H,23,25)/b12-9+. The first kappa shape index (κ1) is 18.6. The van der Waals surface area contributed by atoms with Crippen LogP contribution in [0.3, 0.4) is 0 Å². The van der Waals surface area contributed by atoms with Gasteiger partial charge in [-0.25, -0.2) is 0 Å². The molecule has 2 heterocycles. The molecule has 5 nitrogen and oxygen atoms in total. The Kier molecular flexibility index (Phi) is 5.13. The maximum absolute atomic E-state index is 12.3. The lowest BCUT2D eigenvalue weighted by Crippen LogP contribution is -2.18. The first-order chi connectivity index (χ1) is 13.5. The van der Waals surface area contributed by atoms with Gasteiger partial charge in [0.2, 0.25) is 11.8 Å². The molecule has 140 valence electrons. The van der Waals surface area contributed by atoms with E-state index in [9.17, 15) is 9.90 Å². The summed E-state index contributed by atoms with van der Waals surface area (Å²) >= 11 is 12.4. The van der Waals surface area contributed by atoms with Crippen LogP contribution in [0.15, 0.2) is 53.5 Å². The number of allylic oxidation sites excluding steroid dienone is 1. The van der Waals surface area contributed by atoms with Crippen LogP contribution in [-0.2, 0) is 11.3 Å². The van der Waals surface area contributed by atoms with E-state index in [1.807, 2.05) is 30.3 Å². The molecule has 3 aromatic rings. The van der Waals surface area contributed by atoms with E-state index < -0.39 is 0 Å². The molecule has 8 heteroatoms. The maximum atomic E-state index is 12.3. The summed E-state index contributed by atoms with van der Waals surface area (Å²) in [4.78, 5) is 17.3. The first-order valence-corrected chi connectivity index (χ1v) is 9.95. The van der Waals surface area contributed by atoms with Crippen molar-refractivity contribution in [3.8, 4) is 5.88 Å². The summed E-state index contributed by atoms with van der Waals surface area (Å²) in [6.45, 7) is -0.0857. The molecule has 0 atom stereocenters. The Hall–Kier alpha value is -2.74. The molecule has 0 saturated heterocycles. The van der Waals surface area contributed by atoms with Crippen molar-refractivity contribution < 1.29 is 9.90 Å². The van der Waals surface area contributed by atoms with Gasteiger partial charge in [-0.3, -0.25) is 14.4 Å². The SMILES string of the molecule is O=C(Cn1c(O)c(/C=C2\C=Nc3ccccc32)sc1=S)Nc1ccc(Cl)cc1. The van der Waals surface area contributed by atoms with Crippen molar-refractivity contribution in [2.75, 3.05) is 5.32 Å². The molecule has 0 aliphatic carbocycles. The normalized spacial score (nSPS) is 13.7. The monoisotopic (exact) mass is 427 g/mol. The Morgan fingerprint density at radius 1 is 1.25 bits per heavy atom. The average Bonchev–Trinajstić information content (AvgIpc) is 3.20. The molecule has 1 aromatic heterocycles. The van der Waals surface area contributed by atoms with Crippen molar-refractivity contribution in [3.05, 3.63) is 67.9 Å². The molecule has 0 radical (unpaired) electrons. The van der Waals surface area contributed by atoms with Crippen LogP contribution >= 0.6 is 35.2 Å². The van der Waals surface area contributed by atoms with Gasteiger partial charge in [0.05, 0.1) is 10.6 Å².